The summed E-state index contributed by atoms with van der Waals surface area (Å²) in [5, 5.41) is 2.75. The number of benzene rings is 1. The summed E-state index contributed by atoms with van der Waals surface area (Å²) < 4.78 is 19.5. The third-order valence-corrected chi connectivity index (χ3v) is 3.29. The third kappa shape index (κ3) is 4.05. The highest BCUT2D eigenvalue weighted by Gasteiger charge is 2.25. The number of rotatable bonds is 3. The first-order chi connectivity index (χ1) is 9.56. The van der Waals surface area contributed by atoms with Gasteiger partial charge in [0.05, 0.1) is 19.7 Å². The van der Waals surface area contributed by atoms with Crippen LogP contribution in [0.15, 0.2) is 35.3 Å². The zero-order valence-corrected chi connectivity index (χ0v) is 12.5. The fraction of sp³-hybridized carbons (Fsp3) is 0.357. The average molecular weight is 343 g/mol. The first kappa shape index (κ1) is 15.0. The summed E-state index contributed by atoms with van der Waals surface area (Å²) in [7, 11) is 0. The highest BCUT2D eigenvalue weighted by Crippen LogP contribution is 2.22. The molecule has 0 aliphatic carbocycles. The van der Waals surface area contributed by atoms with Crippen molar-refractivity contribution >= 4 is 22.0 Å². The molecule has 1 heterocycles. The molecule has 1 N–H and O–H groups in total. The zero-order valence-electron chi connectivity index (χ0n) is 10.9. The van der Waals surface area contributed by atoms with E-state index in [1.165, 1.54) is 12.1 Å². The summed E-state index contributed by atoms with van der Waals surface area (Å²) in [5.41, 5.74) is 0.743. The number of urea groups is 1. The molecule has 1 aromatic carbocycles. The summed E-state index contributed by atoms with van der Waals surface area (Å²) in [4.78, 5) is 13.6. The van der Waals surface area contributed by atoms with Gasteiger partial charge in [0.1, 0.15) is 11.9 Å². The number of hydrogen-bond acceptors (Lipinski definition) is 2. The molecule has 2 amide bonds. The van der Waals surface area contributed by atoms with Gasteiger partial charge in [-0.15, -0.1) is 0 Å². The molecule has 20 heavy (non-hydrogen) atoms. The van der Waals surface area contributed by atoms with Crippen molar-refractivity contribution < 1.29 is 13.9 Å². The van der Waals surface area contributed by atoms with Gasteiger partial charge in [0, 0.05) is 11.0 Å². The molecule has 1 aromatic rings. The molecule has 1 aliphatic rings. The monoisotopic (exact) mass is 342 g/mol. The van der Waals surface area contributed by atoms with Gasteiger partial charge < -0.3 is 15.0 Å². The second-order valence-electron chi connectivity index (χ2n) is 4.54. The van der Waals surface area contributed by atoms with Crippen molar-refractivity contribution in [3.05, 3.63) is 46.7 Å². The van der Waals surface area contributed by atoms with Crippen molar-refractivity contribution in [3.8, 4) is 0 Å². The van der Waals surface area contributed by atoms with Crippen LogP contribution in [0.5, 0.6) is 0 Å². The molecule has 0 bridgehead atoms. The largest absolute Gasteiger partial charge is 0.370 e. The molecule has 1 aliphatic heterocycles. The number of amides is 2. The van der Waals surface area contributed by atoms with Crippen molar-refractivity contribution in [3.63, 3.8) is 0 Å². The van der Waals surface area contributed by atoms with E-state index in [1.807, 2.05) is 0 Å². The minimum Gasteiger partial charge on any atom is -0.370 e. The average Bonchev–Trinajstić information content (AvgIpc) is 2.45. The van der Waals surface area contributed by atoms with Crippen molar-refractivity contribution in [1.29, 1.82) is 0 Å². The van der Waals surface area contributed by atoms with Gasteiger partial charge in [0.15, 0.2) is 0 Å². The minimum absolute atomic E-state index is 0.171. The van der Waals surface area contributed by atoms with Gasteiger partial charge in [0.2, 0.25) is 0 Å². The fourth-order valence-corrected chi connectivity index (χ4v) is 2.17. The Balaban J connectivity index is 1.98. The summed E-state index contributed by atoms with van der Waals surface area (Å²) in [6.45, 7) is 5.40. The van der Waals surface area contributed by atoms with Crippen molar-refractivity contribution in [2.45, 2.75) is 6.10 Å². The molecule has 108 valence electrons. The molecule has 0 unspecified atom stereocenters. The number of nitrogens with zero attached hydrogens (tertiary/aromatic N) is 1. The van der Waals surface area contributed by atoms with Crippen LogP contribution in [0.1, 0.15) is 11.7 Å². The number of hydrogen-bond donors (Lipinski definition) is 1. The SMILES string of the molecule is C=C(Br)CNC(=O)N1CCO[C@@H](c2cccc(F)c2)C1. The number of ether oxygens (including phenoxy) is 1. The van der Waals surface area contributed by atoms with Crippen molar-refractivity contribution in [2.24, 2.45) is 0 Å². The second kappa shape index (κ2) is 6.85. The third-order valence-electron chi connectivity index (χ3n) is 3.01. The van der Waals surface area contributed by atoms with Gasteiger partial charge in [0.25, 0.3) is 0 Å². The fourth-order valence-electron chi connectivity index (χ4n) is 2.03. The van der Waals surface area contributed by atoms with Crippen molar-refractivity contribution in [2.75, 3.05) is 26.2 Å². The molecule has 1 fully saturated rings. The lowest BCUT2D eigenvalue weighted by Crippen LogP contribution is -2.47. The summed E-state index contributed by atoms with van der Waals surface area (Å²) in [6.07, 6.45) is -0.294. The van der Waals surface area contributed by atoms with Crippen LogP contribution in [0.25, 0.3) is 0 Å². The van der Waals surface area contributed by atoms with E-state index in [4.69, 9.17) is 4.74 Å². The Morgan fingerprint density at radius 1 is 1.60 bits per heavy atom. The standard InChI is InChI=1S/C14H16BrFN2O2/c1-10(15)8-17-14(19)18-5-6-20-13(9-18)11-3-2-4-12(16)7-11/h2-4,7,13H,1,5-6,8-9H2,(H,17,19)/t13-/m1/s1. The van der Waals surface area contributed by atoms with Gasteiger partial charge in [-0.1, -0.05) is 34.6 Å². The Kier molecular flexibility index (Phi) is 5.14. The molecule has 1 atom stereocenters. The molecule has 6 heteroatoms. The molecular formula is C14H16BrFN2O2. The lowest BCUT2D eigenvalue weighted by atomic mass is 10.1. The smallest absolute Gasteiger partial charge is 0.317 e. The van der Waals surface area contributed by atoms with E-state index in [0.29, 0.717) is 30.7 Å². The van der Waals surface area contributed by atoms with Gasteiger partial charge in [-0.25, -0.2) is 9.18 Å². The molecule has 0 aromatic heterocycles. The Hall–Kier alpha value is -1.40. The first-order valence-electron chi connectivity index (χ1n) is 6.29. The van der Waals surface area contributed by atoms with E-state index in [-0.39, 0.29) is 18.0 Å². The van der Waals surface area contributed by atoms with Crippen LogP contribution in [0.3, 0.4) is 0 Å². The topological polar surface area (TPSA) is 41.6 Å². The van der Waals surface area contributed by atoms with Gasteiger partial charge in [-0.3, -0.25) is 0 Å². The van der Waals surface area contributed by atoms with Gasteiger partial charge >= 0.3 is 6.03 Å². The lowest BCUT2D eigenvalue weighted by Gasteiger charge is -2.33. The first-order valence-corrected chi connectivity index (χ1v) is 7.08. The number of carbonyl (C=O) groups excluding carboxylic acids is 1. The molecule has 0 spiro atoms. The second-order valence-corrected chi connectivity index (χ2v) is 5.66. The summed E-state index contributed by atoms with van der Waals surface area (Å²) >= 11 is 3.19. The molecule has 0 saturated carbocycles. The van der Waals surface area contributed by atoms with Crippen LogP contribution in [0.2, 0.25) is 0 Å². The van der Waals surface area contributed by atoms with Crippen LogP contribution in [-0.4, -0.2) is 37.2 Å². The number of morpholine rings is 1. The predicted molar refractivity (Wildman–Crippen MR) is 78.1 cm³/mol. The molecule has 0 radical (unpaired) electrons. The van der Waals surface area contributed by atoms with Crippen LogP contribution in [0.4, 0.5) is 9.18 Å². The Labute approximate surface area is 125 Å². The summed E-state index contributed by atoms with van der Waals surface area (Å²) in [6, 6.07) is 6.10. The molecule has 2 rings (SSSR count). The summed E-state index contributed by atoms with van der Waals surface area (Å²) in [5.74, 6) is -0.303. The van der Waals surface area contributed by atoms with E-state index in [0.717, 1.165) is 5.56 Å². The van der Waals surface area contributed by atoms with Gasteiger partial charge in [-0.05, 0) is 17.7 Å². The molecular weight excluding hydrogens is 327 g/mol. The van der Waals surface area contributed by atoms with E-state index >= 15 is 0 Å². The molecule has 1 saturated heterocycles. The zero-order chi connectivity index (χ0) is 14.5. The number of nitrogens with one attached hydrogen (secondary N) is 1. The molecule has 4 nitrogen and oxygen atoms in total. The Morgan fingerprint density at radius 2 is 2.40 bits per heavy atom. The maximum atomic E-state index is 13.2. The van der Waals surface area contributed by atoms with E-state index in [1.54, 1.807) is 17.0 Å². The predicted octanol–water partition coefficient (Wildman–Crippen LogP) is 2.82. The van der Waals surface area contributed by atoms with Crippen molar-refractivity contribution in [1.82, 2.24) is 10.2 Å². The van der Waals surface area contributed by atoms with Crippen LogP contribution in [0, 0.1) is 5.82 Å². The Bertz CT molecular complexity index is 510. The minimum atomic E-state index is -0.303. The van der Waals surface area contributed by atoms with Gasteiger partial charge in [-0.2, -0.15) is 0 Å². The van der Waals surface area contributed by atoms with Crippen LogP contribution in [-0.2, 0) is 4.74 Å². The number of carbonyl (C=O) groups is 1. The number of halogens is 2. The maximum absolute atomic E-state index is 13.2. The lowest BCUT2D eigenvalue weighted by molar-refractivity contribution is -0.0154. The maximum Gasteiger partial charge on any atom is 0.317 e. The van der Waals surface area contributed by atoms with E-state index in [2.05, 4.69) is 27.8 Å². The highest BCUT2D eigenvalue weighted by atomic mass is 79.9. The quantitative estimate of drug-likeness (QED) is 0.917. The van der Waals surface area contributed by atoms with Crippen LogP contribution < -0.4 is 5.32 Å². The Morgan fingerprint density at radius 3 is 3.10 bits per heavy atom. The normalized spacial score (nSPS) is 18.7. The highest BCUT2D eigenvalue weighted by molar-refractivity contribution is 9.11. The van der Waals surface area contributed by atoms with Crippen LogP contribution >= 0.6 is 15.9 Å². The van der Waals surface area contributed by atoms with E-state index in [9.17, 15) is 9.18 Å². The van der Waals surface area contributed by atoms with E-state index < -0.39 is 0 Å².